The van der Waals surface area contributed by atoms with E-state index in [1.54, 1.807) is 29.2 Å². The van der Waals surface area contributed by atoms with Crippen LogP contribution in [-0.4, -0.2) is 51.3 Å². The Balaban J connectivity index is 1.52. The van der Waals surface area contributed by atoms with Crippen molar-refractivity contribution in [1.82, 2.24) is 25.2 Å². The van der Waals surface area contributed by atoms with Crippen molar-refractivity contribution >= 4 is 22.7 Å². The highest BCUT2D eigenvalue weighted by Crippen LogP contribution is 2.17. The Morgan fingerprint density at radius 2 is 1.93 bits per heavy atom. The van der Waals surface area contributed by atoms with Crippen molar-refractivity contribution in [3.8, 4) is 0 Å². The Morgan fingerprint density at radius 3 is 2.68 bits per heavy atom. The molecule has 2 heterocycles. The van der Waals surface area contributed by atoms with Gasteiger partial charge in [-0.15, -0.1) is 5.10 Å². The molecule has 1 aromatic carbocycles. The molecule has 1 aromatic heterocycles. The van der Waals surface area contributed by atoms with Crippen LogP contribution in [-0.2, 0) is 16.1 Å². The third-order valence-electron chi connectivity index (χ3n) is 5.21. The summed E-state index contributed by atoms with van der Waals surface area (Å²) in [5.74, 6) is -0.137. The average molecular weight is 385 g/mol. The number of hydrogen-bond acceptors (Lipinski definition) is 5. The summed E-state index contributed by atoms with van der Waals surface area (Å²) in [6.45, 7) is 3.75. The van der Waals surface area contributed by atoms with E-state index < -0.39 is 0 Å². The number of aromatic nitrogens is 3. The van der Waals surface area contributed by atoms with Gasteiger partial charge in [-0.25, -0.2) is 4.68 Å². The number of hydrogen-bond donors (Lipinski definition) is 1. The van der Waals surface area contributed by atoms with Gasteiger partial charge in [0.25, 0.3) is 5.56 Å². The molecular formula is C20H27N5O3. The molecule has 2 amide bonds. The number of fused-ring (bicyclic) bond motifs is 1. The SMILES string of the molecule is CCCCCNC(=O)C1CCN(C(=O)Cn2nnc3ccccc3c2=O)CC1. The Labute approximate surface area is 163 Å². The minimum atomic E-state index is -0.319. The van der Waals surface area contributed by atoms with Crippen LogP contribution in [0.25, 0.3) is 10.9 Å². The molecule has 0 aliphatic carbocycles. The molecule has 1 saturated heterocycles. The Morgan fingerprint density at radius 1 is 1.18 bits per heavy atom. The van der Waals surface area contributed by atoms with Crippen molar-refractivity contribution in [3.63, 3.8) is 0 Å². The van der Waals surface area contributed by atoms with Gasteiger partial charge < -0.3 is 10.2 Å². The largest absolute Gasteiger partial charge is 0.356 e. The lowest BCUT2D eigenvalue weighted by Crippen LogP contribution is -2.45. The maximum atomic E-state index is 12.6. The average Bonchev–Trinajstić information content (AvgIpc) is 2.73. The van der Waals surface area contributed by atoms with Gasteiger partial charge in [0.1, 0.15) is 12.1 Å². The molecule has 1 N–H and O–H groups in total. The topological polar surface area (TPSA) is 97.2 Å². The van der Waals surface area contributed by atoms with Crippen molar-refractivity contribution in [2.45, 2.75) is 45.6 Å². The summed E-state index contributed by atoms with van der Waals surface area (Å²) in [7, 11) is 0. The van der Waals surface area contributed by atoms with Crippen LogP contribution < -0.4 is 10.9 Å². The van der Waals surface area contributed by atoms with Gasteiger partial charge in [-0.1, -0.05) is 37.1 Å². The summed E-state index contributed by atoms with van der Waals surface area (Å²) in [5.41, 5.74) is 0.197. The number of likely N-dealkylation sites (tertiary alicyclic amines) is 1. The summed E-state index contributed by atoms with van der Waals surface area (Å²) in [6, 6.07) is 6.94. The molecule has 0 saturated carbocycles. The maximum absolute atomic E-state index is 12.6. The summed E-state index contributed by atoms with van der Waals surface area (Å²) in [6.07, 6.45) is 4.53. The lowest BCUT2D eigenvalue weighted by molar-refractivity contribution is -0.136. The van der Waals surface area contributed by atoms with Gasteiger partial charge in [-0.2, -0.15) is 0 Å². The van der Waals surface area contributed by atoms with Crippen molar-refractivity contribution in [3.05, 3.63) is 34.6 Å². The lowest BCUT2D eigenvalue weighted by atomic mass is 9.96. The summed E-state index contributed by atoms with van der Waals surface area (Å²) < 4.78 is 1.11. The van der Waals surface area contributed by atoms with Crippen molar-refractivity contribution < 1.29 is 9.59 Å². The normalized spacial score (nSPS) is 15.0. The van der Waals surface area contributed by atoms with E-state index in [2.05, 4.69) is 22.6 Å². The van der Waals surface area contributed by atoms with Crippen LogP contribution in [0, 0.1) is 5.92 Å². The number of benzene rings is 1. The Hall–Kier alpha value is -2.77. The first-order valence-electron chi connectivity index (χ1n) is 9.98. The van der Waals surface area contributed by atoms with Gasteiger partial charge >= 0.3 is 0 Å². The second-order valence-electron chi connectivity index (χ2n) is 7.22. The Bertz CT molecular complexity index is 887. The fourth-order valence-corrected chi connectivity index (χ4v) is 3.48. The van der Waals surface area contributed by atoms with E-state index in [4.69, 9.17) is 0 Å². The molecule has 1 fully saturated rings. The van der Waals surface area contributed by atoms with Crippen LogP contribution >= 0.6 is 0 Å². The number of carbonyl (C=O) groups excluding carboxylic acids is 2. The number of amides is 2. The summed E-state index contributed by atoms with van der Waals surface area (Å²) in [5, 5.41) is 11.3. The minimum absolute atomic E-state index is 0.0474. The molecule has 0 bridgehead atoms. The first kappa shape index (κ1) is 20.0. The molecule has 150 valence electrons. The van der Waals surface area contributed by atoms with Crippen molar-refractivity contribution in [1.29, 1.82) is 0 Å². The zero-order valence-corrected chi connectivity index (χ0v) is 16.3. The van der Waals surface area contributed by atoms with Crippen molar-refractivity contribution in [2.24, 2.45) is 5.92 Å². The molecule has 0 radical (unpaired) electrons. The summed E-state index contributed by atoms with van der Waals surface area (Å²) >= 11 is 0. The van der Waals surface area contributed by atoms with E-state index in [-0.39, 0.29) is 29.8 Å². The minimum Gasteiger partial charge on any atom is -0.356 e. The quantitative estimate of drug-likeness (QED) is 0.726. The van der Waals surface area contributed by atoms with E-state index in [1.807, 2.05) is 0 Å². The first-order chi connectivity index (χ1) is 13.6. The van der Waals surface area contributed by atoms with Crippen LogP contribution in [0.3, 0.4) is 0 Å². The van der Waals surface area contributed by atoms with Crippen LogP contribution in [0.2, 0.25) is 0 Å². The highest BCUT2D eigenvalue weighted by Gasteiger charge is 2.27. The molecule has 0 atom stereocenters. The van der Waals surface area contributed by atoms with Crippen LogP contribution in [0.5, 0.6) is 0 Å². The van der Waals surface area contributed by atoms with Gasteiger partial charge in [0.2, 0.25) is 11.8 Å². The smallest absolute Gasteiger partial charge is 0.278 e. The van der Waals surface area contributed by atoms with Crippen LogP contribution in [0.4, 0.5) is 0 Å². The van der Waals surface area contributed by atoms with E-state index in [1.165, 1.54) is 0 Å². The van der Waals surface area contributed by atoms with E-state index in [0.717, 1.165) is 30.5 Å². The molecule has 1 aliphatic heterocycles. The fourth-order valence-electron chi connectivity index (χ4n) is 3.48. The fraction of sp³-hybridized carbons (Fsp3) is 0.550. The highest BCUT2D eigenvalue weighted by molar-refractivity contribution is 5.80. The van der Waals surface area contributed by atoms with E-state index >= 15 is 0 Å². The van der Waals surface area contributed by atoms with Gasteiger partial charge in [0, 0.05) is 25.6 Å². The number of nitrogens with one attached hydrogen (secondary N) is 1. The molecule has 28 heavy (non-hydrogen) atoms. The maximum Gasteiger partial charge on any atom is 0.278 e. The second kappa shape index (κ2) is 9.43. The monoisotopic (exact) mass is 385 g/mol. The molecule has 0 unspecified atom stereocenters. The molecule has 3 rings (SSSR count). The second-order valence-corrected chi connectivity index (χ2v) is 7.22. The standard InChI is InChI=1S/C20H27N5O3/c1-2-3-6-11-21-19(27)15-9-12-24(13-10-15)18(26)14-25-20(28)16-7-4-5-8-17(16)22-23-25/h4-5,7-8,15H,2-3,6,9-14H2,1H3,(H,21,27). The van der Waals surface area contributed by atoms with Gasteiger partial charge in [0.05, 0.1) is 5.39 Å². The lowest BCUT2D eigenvalue weighted by Gasteiger charge is -2.31. The zero-order chi connectivity index (χ0) is 19.9. The highest BCUT2D eigenvalue weighted by atomic mass is 16.2. The molecule has 1 aliphatic rings. The van der Waals surface area contributed by atoms with Gasteiger partial charge in [-0.05, 0) is 31.4 Å². The number of nitrogens with zero attached hydrogens (tertiary/aromatic N) is 4. The van der Waals surface area contributed by atoms with Crippen LogP contribution in [0.1, 0.15) is 39.0 Å². The van der Waals surface area contributed by atoms with Gasteiger partial charge in [-0.3, -0.25) is 14.4 Å². The predicted molar refractivity (Wildman–Crippen MR) is 106 cm³/mol. The summed E-state index contributed by atoms with van der Waals surface area (Å²) in [4.78, 5) is 39.0. The third-order valence-corrected chi connectivity index (χ3v) is 5.21. The first-order valence-corrected chi connectivity index (χ1v) is 9.98. The molecule has 2 aromatic rings. The Kier molecular flexibility index (Phi) is 6.73. The van der Waals surface area contributed by atoms with Crippen LogP contribution in [0.15, 0.2) is 29.1 Å². The third kappa shape index (κ3) is 4.74. The number of rotatable bonds is 7. The number of piperidine rings is 1. The molecule has 0 spiro atoms. The molecular weight excluding hydrogens is 358 g/mol. The predicted octanol–water partition coefficient (Wildman–Crippen LogP) is 1.34. The molecule has 8 nitrogen and oxygen atoms in total. The number of unbranched alkanes of at least 4 members (excludes halogenated alkanes) is 2. The zero-order valence-electron chi connectivity index (χ0n) is 16.3. The van der Waals surface area contributed by atoms with Crippen molar-refractivity contribution in [2.75, 3.05) is 19.6 Å². The van der Waals surface area contributed by atoms with E-state index in [0.29, 0.717) is 36.8 Å². The number of carbonyl (C=O) groups is 2. The van der Waals surface area contributed by atoms with E-state index in [9.17, 15) is 14.4 Å². The molecule has 8 heteroatoms. The van der Waals surface area contributed by atoms with Gasteiger partial charge in [0.15, 0.2) is 0 Å².